The second-order valence-electron chi connectivity index (χ2n) is 12.7. The maximum absolute atomic E-state index is 13.5. The summed E-state index contributed by atoms with van der Waals surface area (Å²) in [7, 11) is 5.11. The standard InChI is InChI=1S/C36H41Cl2N9O4/c1-21(48)46-15-11-23(12-16-46)41-18-22-8-9-26(44-36(22)51-4)24-10-14-40-33(32(24)38)25-6-5-7-27(31(25)37)43-35(50)34-42-28-20-47(30(49)19-39-2)17-13-29(28)45(34)3/h5-10,14,23,39,41H,11-13,15-20H2,1-4H3,(H,43,50). The molecule has 0 spiro atoms. The molecule has 2 aliphatic heterocycles. The monoisotopic (exact) mass is 733 g/mol. The number of fused-ring (bicyclic) bond motifs is 1. The molecule has 1 aromatic carbocycles. The van der Waals surface area contributed by atoms with Crippen LogP contribution in [0.4, 0.5) is 5.69 Å². The molecule has 0 aliphatic carbocycles. The fourth-order valence-corrected chi connectivity index (χ4v) is 7.18. The van der Waals surface area contributed by atoms with Crippen molar-refractivity contribution < 1.29 is 19.1 Å². The third-order valence-corrected chi connectivity index (χ3v) is 10.3. The number of methoxy groups -OCH3 is 1. The Kier molecular flexibility index (Phi) is 11.2. The van der Waals surface area contributed by atoms with Gasteiger partial charge in [-0.05, 0) is 38.1 Å². The minimum atomic E-state index is -0.431. The van der Waals surface area contributed by atoms with Gasteiger partial charge in [0.05, 0.1) is 53.0 Å². The number of anilines is 1. The van der Waals surface area contributed by atoms with E-state index < -0.39 is 5.91 Å². The van der Waals surface area contributed by atoms with Crippen LogP contribution >= 0.6 is 23.2 Å². The number of likely N-dealkylation sites (N-methyl/N-ethyl adjacent to an activating group) is 1. The van der Waals surface area contributed by atoms with E-state index in [1.54, 1.807) is 68.1 Å². The summed E-state index contributed by atoms with van der Waals surface area (Å²) in [5.41, 5.74) is 5.10. The zero-order valence-corrected chi connectivity index (χ0v) is 30.6. The van der Waals surface area contributed by atoms with Gasteiger partial charge in [0.1, 0.15) is 0 Å². The van der Waals surface area contributed by atoms with Crippen LogP contribution in [0, 0.1) is 0 Å². The van der Waals surface area contributed by atoms with Gasteiger partial charge in [-0.2, -0.15) is 0 Å². The lowest BCUT2D eigenvalue weighted by Crippen LogP contribution is -2.44. The second kappa shape index (κ2) is 15.8. The summed E-state index contributed by atoms with van der Waals surface area (Å²) < 4.78 is 7.44. The summed E-state index contributed by atoms with van der Waals surface area (Å²) in [5, 5.41) is 9.97. The summed E-state index contributed by atoms with van der Waals surface area (Å²) in [6, 6.07) is 11.2. The molecule has 2 aliphatic rings. The lowest BCUT2D eigenvalue weighted by atomic mass is 10.0. The number of halogens is 2. The molecule has 1 saturated heterocycles. The Labute approximate surface area is 306 Å². The van der Waals surface area contributed by atoms with Gasteiger partial charge in [0.15, 0.2) is 5.82 Å². The van der Waals surface area contributed by atoms with E-state index in [1.807, 2.05) is 17.0 Å². The highest BCUT2D eigenvalue weighted by Gasteiger charge is 2.28. The average Bonchev–Trinajstić information content (AvgIpc) is 3.47. The average molecular weight is 735 g/mol. The first kappa shape index (κ1) is 36.2. The van der Waals surface area contributed by atoms with Gasteiger partial charge in [-0.15, -0.1) is 0 Å². The molecule has 6 rings (SSSR count). The molecule has 3 aromatic heterocycles. The lowest BCUT2D eigenvalue weighted by molar-refractivity contribution is -0.131. The summed E-state index contributed by atoms with van der Waals surface area (Å²) >= 11 is 13.9. The molecule has 5 heterocycles. The Hall–Kier alpha value is -4.56. The van der Waals surface area contributed by atoms with E-state index in [1.165, 1.54) is 0 Å². The number of piperidine rings is 1. The van der Waals surface area contributed by atoms with Crippen molar-refractivity contribution in [2.75, 3.05) is 45.7 Å². The molecule has 0 unspecified atom stereocenters. The van der Waals surface area contributed by atoms with Gasteiger partial charge in [0.2, 0.25) is 17.7 Å². The fraction of sp³-hybridized carbons (Fsp3) is 0.389. The molecule has 0 atom stereocenters. The predicted molar refractivity (Wildman–Crippen MR) is 196 cm³/mol. The molecule has 15 heteroatoms. The van der Waals surface area contributed by atoms with Gasteiger partial charge in [-0.1, -0.05) is 41.4 Å². The molecule has 268 valence electrons. The fourth-order valence-electron chi connectivity index (χ4n) is 6.61. The number of ether oxygens (including phenoxy) is 1. The van der Waals surface area contributed by atoms with Crippen LogP contribution in [-0.4, -0.2) is 93.4 Å². The van der Waals surface area contributed by atoms with Crippen molar-refractivity contribution in [1.29, 1.82) is 0 Å². The number of benzene rings is 1. The molecular weight excluding hydrogens is 693 g/mol. The largest absolute Gasteiger partial charge is 0.481 e. The van der Waals surface area contributed by atoms with Crippen molar-refractivity contribution in [1.82, 2.24) is 40.0 Å². The van der Waals surface area contributed by atoms with E-state index in [4.69, 9.17) is 32.9 Å². The van der Waals surface area contributed by atoms with Crippen molar-refractivity contribution in [2.24, 2.45) is 7.05 Å². The van der Waals surface area contributed by atoms with Gasteiger partial charge in [0, 0.05) is 81.2 Å². The van der Waals surface area contributed by atoms with Crippen molar-refractivity contribution >= 4 is 46.6 Å². The maximum Gasteiger partial charge on any atom is 0.291 e. The minimum Gasteiger partial charge on any atom is -0.481 e. The third-order valence-electron chi connectivity index (χ3n) is 9.46. The number of hydrogen-bond donors (Lipinski definition) is 3. The number of imidazole rings is 1. The van der Waals surface area contributed by atoms with E-state index >= 15 is 0 Å². The van der Waals surface area contributed by atoms with Gasteiger partial charge >= 0.3 is 0 Å². The zero-order chi connectivity index (χ0) is 36.2. The first-order chi connectivity index (χ1) is 24.6. The maximum atomic E-state index is 13.5. The van der Waals surface area contributed by atoms with Gasteiger partial charge in [-0.3, -0.25) is 19.4 Å². The number of nitrogens with one attached hydrogen (secondary N) is 3. The number of nitrogens with zero attached hydrogens (tertiary/aromatic N) is 6. The Morgan fingerprint density at radius 3 is 2.49 bits per heavy atom. The molecule has 3 N–H and O–H groups in total. The first-order valence-electron chi connectivity index (χ1n) is 16.8. The quantitative estimate of drug-likeness (QED) is 0.217. The van der Waals surface area contributed by atoms with Crippen molar-refractivity contribution in [3.63, 3.8) is 0 Å². The molecular formula is C36H41Cl2N9O4. The summed E-state index contributed by atoms with van der Waals surface area (Å²) in [4.78, 5) is 55.1. The van der Waals surface area contributed by atoms with Crippen LogP contribution in [0.3, 0.4) is 0 Å². The highest BCUT2D eigenvalue weighted by molar-refractivity contribution is 6.39. The van der Waals surface area contributed by atoms with E-state index in [-0.39, 0.29) is 29.2 Å². The summed E-state index contributed by atoms with van der Waals surface area (Å²) in [6.45, 7) is 4.81. The third kappa shape index (κ3) is 7.71. The number of carbonyl (C=O) groups is 3. The van der Waals surface area contributed by atoms with Crippen molar-refractivity contribution in [3.8, 4) is 28.4 Å². The van der Waals surface area contributed by atoms with Crippen LogP contribution in [-0.2, 0) is 36.1 Å². The molecule has 0 radical (unpaired) electrons. The number of aromatic nitrogens is 4. The van der Waals surface area contributed by atoms with E-state index in [0.29, 0.717) is 76.9 Å². The first-order valence-corrected chi connectivity index (χ1v) is 17.6. The van der Waals surface area contributed by atoms with E-state index in [9.17, 15) is 14.4 Å². The van der Waals surface area contributed by atoms with Crippen LogP contribution in [0.25, 0.3) is 22.5 Å². The Bertz CT molecular complexity index is 1960. The topological polar surface area (TPSA) is 147 Å². The van der Waals surface area contributed by atoms with Crippen LogP contribution in [0.5, 0.6) is 5.88 Å². The summed E-state index contributed by atoms with van der Waals surface area (Å²) in [6.07, 6.45) is 4.01. The number of hydrogen-bond acceptors (Lipinski definition) is 9. The highest BCUT2D eigenvalue weighted by atomic mass is 35.5. The van der Waals surface area contributed by atoms with Gasteiger partial charge in [-0.25, -0.2) is 9.97 Å². The number of likely N-dealkylation sites (tertiary alicyclic amines) is 1. The van der Waals surface area contributed by atoms with Crippen LogP contribution < -0.4 is 20.7 Å². The van der Waals surface area contributed by atoms with Crippen molar-refractivity contribution in [2.45, 2.75) is 45.3 Å². The molecule has 4 aromatic rings. The smallest absolute Gasteiger partial charge is 0.291 e. The van der Waals surface area contributed by atoms with Gasteiger partial charge < -0.3 is 35.1 Å². The SMILES string of the molecule is CNCC(=O)N1CCc2c(nc(C(=O)Nc3cccc(-c4nccc(-c5ccc(CNC6CCN(C(C)=O)CC6)c(OC)n5)c4Cl)c3Cl)n2C)C1. The molecule has 51 heavy (non-hydrogen) atoms. The van der Waals surface area contributed by atoms with E-state index in [2.05, 4.69) is 25.9 Å². The Balaban J connectivity index is 1.18. The highest BCUT2D eigenvalue weighted by Crippen LogP contribution is 2.40. The van der Waals surface area contributed by atoms with E-state index in [0.717, 1.165) is 37.2 Å². The normalized spacial score (nSPS) is 14.7. The Morgan fingerprint density at radius 1 is 0.980 bits per heavy atom. The van der Waals surface area contributed by atoms with Crippen LogP contribution in [0.2, 0.25) is 10.0 Å². The Morgan fingerprint density at radius 2 is 1.76 bits per heavy atom. The molecule has 13 nitrogen and oxygen atoms in total. The predicted octanol–water partition coefficient (Wildman–Crippen LogP) is 4.32. The minimum absolute atomic E-state index is 0.0150. The molecule has 1 fully saturated rings. The van der Waals surface area contributed by atoms with Gasteiger partial charge in [0.25, 0.3) is 5.91 Å². The molecule has 3 amide bonds. The number of amides is 3. The number of rotatable bonds is 10. The molecule has 0 saturated carbocycles. The van der Waals surface area contributed by atoms with Crippen molar-refractivity contribution in [3.05, 3.63) is 75.4 Å². The summed E-state index contributed by atoms with van der Waals surface area (Å²) in [5.74, 6) is 0.367. The van der Waals surface area contributed by atoms with Crippen LogP contribution in [0.15, 0.2) is 42.6 Å². The number of carbonyl (C=O) groups excluding carboxylic acids is 3. The van der Waals surface area contributed by atoms with Crippen LogP contribution in [0.1, 0.15) is 47.3 Å². The number of pyridine rings is 2. The second-order valence-corrected chi connectivity index (χ2v) is 13.4. The lowest BCUT2D eigenvalue weighted by Gasteiger charge is -2.31. The molecule has 0 bridgehead atoms. The zero-order valence-electron chi connectivity index (χ0n) is 29.1.